The highest BCUT2D eigenvalue weighted by molar-refractivity contribution is 5.06. The molecule has 0 amide bonds. The van der Waals surface area contributed by atoms with E-state index < -0.39 is 0 Å². The fourth-order valence-electron chi connectivity index (χ4n) is 3.14. The van der Waals surface area contributed by atoms with E-state index in [9.17, 15) is 0 Å². The molecule has 0 aliphatic heterocycles. The minimum Gasteiger partial charge on any atom is -0.381 e. The van der Waals surface area contributed by atoms with Crippen LogP contribution in [0.4, 0.5) is 0 Å². The molecule has 1 fully saturated rings. The van der Waals surface area contributed by atoms with Crippen molar-refractivity contribution in [1.29, 1.82) is 0 Å². The Morgan fingerprint density at radius 1 is 1.44 bits per heavy atom. The Labute approximate surface area is 114 Å². The van der Waals surface area contributed by atoms with Gasteiger partial charge in [-0.2, -0.15) is 0 Å². The summed E-state index contributed by atoms with van der Waals surface area (Å²) in [4.78, 5) is 0. The zero-order chi connectivity index (χ0) is 13.8. The van der Waals surface area contributed by atoms with Gasteiger partial charge < -0.3 is 4.74 Å². The summed E-state index contributed by atoms with van der Waals surface area (Å²) in [5, 5.41) is 0. The van der Waals surface area contributed by atoms with Gasteiger partial charge in [-0.15, -0.1) is 0 Å². The first-order chi connectivity index (χ1) is 8.40. The standard InChI is InChI=1S/C17H32O/c1-7-14(3)17(4,5)12-13(2)9-8-10-15-11-16(15)18-6/h13,15-16H,3,7-12H2,1-2,4-6H3. The topological polar surface area (TPSA) is 9.23 Å². The minimum atomic E-state index is 0.308. The summed E-state index contributed by atoms with van der Waals surface area (Å²) in [6.45, 7) is 13.5. The zero-order valence-electron chi connectivity index (χ0n) is 13.1. The monoisotopic (exact) mass is 252 g/mol. The van der Waals surface area contributed by atoms with Gasteiger partial charge in [-0.1, -0.05) is 52.7 Å². The van der Waals surface area contributed by atoms with Crippen LogP contribution >= 0.6 is 0 Å². The van der Waals surface area contributed by atoms with Crippen molar-refractivity contribution in [3.63, 3.8) is 0 Å². The molecule has 0 heterocycles. The lowest BCUT2D eigenvalue weighted by Gasteiger charge is -2.30. The van der Waals surface area contributed by atoms with Crippen LogP contribution in [-0.4, -0.2) is 13.2 Å². The Morgan fingerprint density at radius 2 is 2.11 bits per heavy atom. The van der Waals surface area contributed by atoms with Gasteiger partial charge in [-0.25, -0.2) is 0 Å². The van der Waals surface area contributed by atoms with Gasteiger partial charge in [0, 0.05) is 7.11 Å². The summed E-state index contributed by atoms with van der Waals surface area (Å²) in [6.07, 6.45) is 8.33. The highest BCUT2D eigenvalue weighted by atomic mass is 16.5. The summed E-state index contributed by atoms with van der Waals surface area (Å²) in [6, 6.07) is 0. The Kier molecular flexibility index (Phi) is 5.91. The number of ether oxygens (including phenoxy) is 1. The molecule has 1 rings (SSSR count). The van der Waals surface area contributed by atoms with E-state index in [0.717, 1.165) is 18.3 Å². The largest absolute Gasteiger partial charge is 0.381 e. The van der Waals surface area contributed by atoms with Crippen molar-refractivity contribution in [2.45, 2.75) is 72.3 Å². The van der Waals surface area contributed by atoms with Gasteiger partial charge in [0.25, 0.3) is 0 Å². The van der Waals surface area contributed by atoms with Crippen LogP contribution in [-0.2, 0) is 4.74 Å². The number of hydrogen-bond acceptors (Lipinski definition) is 1. The second-order valence-electron chi connectivity index (χ2n) is 6.85. The third-order valence-corrected chi connectivity index (χ3v) is 4.67. The first-order valence-electron chi connectivity index (χ1n) is 7.61. The zero-order valence-corrected chi connectivity index (χ0v) is 13.1. The summed E-state index contributed by atoms with van der Waals surface area (Å²) in [7, 11) is 1.84. The maximum absolute atomic E-state index is 5.35. The molecule has 0 bridgehead atoms. The van der Waals surface area contributed by atoms with Crippen LogP contribution in [0.25, 0.3) is 0 Å². The highest BCUT2D eigenvalue weighted by Crippen LogP contribution is 2.39. The molecule has 106 valence electrons. The van der Waals surface area contributed by atoms with Crippen LogP contribution in [0.15, 0.2) is 12.2 Å². The van der Waals surface area contributed by atoms with Gasteiger partial charge >= 0.3 is 0 Å². The Balaban J connectivity index is 2.17. The molecule has 1 saturated carbocycles. The van der Waals surface area contributed by atoms with E-state index in [1.165, 1.54) is 37.7 Å². The second-order valence-corrected chi connectivity index (χ2v) is 6.85. The lowest BCUT2D eigenvalue weighted by molar-refractivity contribution is 0.166. The molecule has 0 aromatic carbocycles. The normalized spacial score (nSPS) is 24.9. The van der Waals surface area contributed by atoms with E-state index in [0.29, 0.717) is 11.5 Å². The Morgan fingerprint density at radius 3 is 2.61 bits per heavy atom. The van der Waals surface area contributed by atoms with Crippen LogP contribution in [0, 0.1) is 17.3 Å². The second kappa shape index (κ2) is 6.75. The predicted octanol–water partition coefficient (Wildman–Crippen LogP) is 5.21. The first kappa shape index (κ1) is 15.8. The van der Waals surface area contributed by atoms with Crippen molar-refractivity contribution in [2.75, 3.05) is 7.11 Å². The third kappa shape index (κ3) is 4.76. The van der Waals surface area contributed by atoms with Gasteiger partial charge in [-0.05, 0) is 42.9 Å². The molecule has 0 spiro atoms. The van der Waals surface area contributed by atoms with E-state index in [2.05, 4.69) is 34.3 Å². The maximum atomic E-state index is 5.35. The predicted molar refractivity (Wildman–Crippen MR) is 79.7 cm³/mol. The molecule has 1 heteroatoms. The van der Waals surface area contributed by atoms with Crippen molar-refractivity contribution in [3.05, 3.63) is 12.2 Å². The smallest absolute Gasteiger partial charge is 0.0604 e. The highest BCUT2D eigenvalue weighted by Gasteiger charge is 2.36. The number of hydrogen-bond donors (Lipinski definition) is 0. The van der Waals surface area contributed by atoms with E-state index in [4.69, 9.17) is 4.74 Å². The van der Waals surface area contributed by atoms with Crippen LogP contribution in [0.1, 0.15) is 66.2 Å². The summed E-state index contributed by atoms with van der Waals surface area (Å²) < 4.78 is 5.35. The summed E-state index contributed by atoms with van der Waals surface area (Å²) in [5.74, 6) is 1.67. The Hall–Kier alpha value is -0.300. The molecule has 0 N–H and O–H groups in total. The molecule has 0 radical (unpaired) electrons. The lowest BCUT2D eigenvalue weighted by atomic mass is 9.75. The molecule has 3 unspecified atom stereocenters. The van der Waals surface area contributed by atoms with Crippen LogP contribution in [0.5, 0.6) is 0 Å². The van der Waals surface area contributed by atoms with Crippen LogP contribution < -0.4 is 0 Å². The van der Waals surface area contributed by atoms with Crippen molar-refractivity contribution >= 4 is 0 Å². The average Bonchev–Trinajstić information content (AvgIpc) is 3.05. The molecular formula is C17H32O. The average molecular weight is 252 g/mol. The molecule has 1 aliphatic carbocycles. The molecule has 0 saturated heterocycles. The van der Waals surface area contributed by atoms with Crippen molar-refractivity contribution < 1.29 is 4.74 Å². The molecule has 3 atom stereocenters. The molecule has 0 aromatic rings. The van der Waals surface area contributed by atoms with Gasteiger partial charge in [0.15, 0.2) is 0 Å². The third-order valence-electron chi connectivity index (χ3n) is 4.67. The fourth-order valence-corrected chi connectivity index (χ4v) is 3.14. The van der Waals surface area contributed by atoms with Gasteiger partial charge in [0.05, 0.1) is 6.10 Å². The maximum Gasteiger partial charge on any atom is 0.0604 e. The number of allylic oxidation sites excluding steroid dienone is 1. The van der Waals surface area contributed by atoms with Crippen molar-refractivity contribution in [2.24, 2.45) is 17.3 Å². The fraction of sp³-hybridized carbons (Fsp3) is 0.882. The van der Waals surface area contributed by atoms with Crippen LogP contribution in [0.2, 0.25) is 0 Å². The molecule has 18 heavy (non-hydrogen) atoms. The van der Waals surface area contributed by atoms with Gasteiger partial charge in [-0.3, -0.25) is 0 Å². The van der Waals surface area contributed by atoms with Crippen molar-refractivity contribution in [1.82, 2.24) is 0 Å². The van der Waals surface area contributed by atoms with E-state index in [-0.39, 0.29) is 0 Å². The quantitative estimate of drug-likeness (QED) is 0.512. The summed E-state index contributed by atoms with van der Waals surface area (Å²) in [5.41, 5.74) is 1.71. The van der Waals surface area contributed by atoms with E-state index in [1.807, 2.05) is 7.11 Å². The molecule has 1 aliphatic rings. The molecule has 0 aromatic heterocycles. The number of methoxy groups -OCH3 is 1. The minimum absolute atomic E-state index is 0.308. The molecular weight excluding hydrogens is 220 g/mol. The molecule has 1 nitrogen and oxygen atoms in total. The SMILES string of the molecule is C=C(CC)C(C)(C)CC(C)CCCC1CC1OC. The van der Waals surface area contributed by atoms with Gasteiger partial charge in [0.1, 0.15) is 0 Å². The van der Waals surface area contributed by atoms with Crippen LogP contribution in [0.3, 0.4) is 0 Å². The number of rotatable bonds is 9. The van der Waals surface area contributed by atoms with E-state index >= 15 is 0 Å². The van der Waals surface area contributed by atoms with Gasteiger partial charge in [0.2, 0.25) is 0 Å². The summed E-state index contributed by atoms with van der Waals surface area (Å²) >= 11 is 0. The first-order valence-corrected chi connectivity index (χ1v) is 7.61. The van der Waals surface area contributed by atoms with E-state index in [1.54, 1.807) is 0 Å². The van der Waals surface area contributed by atoms with Crippen molar-refractivity contribution in [3.8, 4) is 0 Å². The lowest BCUT2D eigenvalue weighted by Crippen LogP contribution is -2.17. The Bertz CT molecular complexity index is 267.